The van der Waals surface area contributed by atoms with Crippen LogP contribution in [0.15, 0.2) is 41.3 Å². The Bertz CT molecular complexity index is 1250. The molecule has 0 amide bonds. The average molecular weight is 469 g/mol. The van der Waals surface area contributed by atoms with Crippen molar-refractivity contribution < 1.29 is 4.39 Å². The number of fused-ring (bicyclic) bond motifs is 2. The maximum atomic E-state index is 14.6. The Balaban J connectivity index is 1.30. The van der Waals surface area contributed by atoms with E-state index in [1.54, 1.807) is 12.1 Å². The number of halogens is 2. The molecule has 1 aliphatic rings. The molecule has 0 spiro atoms. The topological polar surface area (TPSA) is 95.6 Å². The Morgan fingerprint density at radius 3 is 2.83 bits per heavy atom. The van der Waals surface area contributed by atoms with Crippen molar-refractivity contribution in [3.05, 3.63) is 52.6 Å². The fraction of sp³-hybridized carbons (Fsp3) is 0.318. The second-order valence-electron chi connectivity index (χ2n) is 8.09. The summed E-state index contributed by atoms with van der Waals surface area (Å²) >= 11 is 3.31. The average Bonchev–Trinajstić information content (AvgIpc) is 3.35. The lowest BCUT2D eigenvalue weighted by Gasteiger charge is -2.14. The van der Waals surface area contributed by atoms with Crippen LogP contribution in [0.3, 0.4) is 0 Å². The van der Waals surface area contributed by atoms with Crippen LogP contribution in [0.4, 0.5) is 16.0 Å². The third-order valence-corrected chi connectivity index (χ3v) is 6.85. The highest BCUT2D eigenvalue weighted by molar-refractivity contribution is 9.10. The molecule has 3 heterocycles. The summed E-state index contributed by atoms with van der Waals surface area (Å²) in [6.45, 7) is 0. The molecule has 6 nitrogen and oxygen atoms in total. The van der Waals surface area contributed by atoms with Crippen LogP contribution < -0.4 is 11.5 Å². The second kappa shape index (κ2) is 7.50. The van der Waals surface area contributed by atoms with Gasteiger partial charge in [0, 0.05) is 17.6 Å². The van der Waals surface area contributed by atoms with Crippen molar-refractivity contribution in [2.75, 3.05) is 11.5 Å². The summed E-state index contributed by atoms with van der Waals surface area (Å²) in [5.41, 5.74) is 14.3. The van der Waals surface area contributed by atoms with Crippen LogP contribution in [-0.4, -0.2) is 19.5 Å². The molecule has 2 unspecified atom stereocenters. The minimum atomic E-state index is -0.254. The number of nitrogens with zero attached hydrogens (tertiary/aromatic N) is 4. The number of hydrogen-bond donors (Lipinski definition) is 2. The van der Waals surface area contributed by atoms with E-state index in [9.17, 15) is 4.39 Å². The summed E-state index contributed by atoms with van der Waals surface area (Å²) in [6, 6.07) is 7.67. The van der Waals surface area contributed by atoms with Crippen LogP contribution in [0.25, 0.3) is 21.9 Å². The highest BCUT2D eigenvalue weighted by atomic mass is 79.9. The highest BCUT2D eigenvalue weighted by Crippen LogP contribution is 2.39. The van der Waals surface area contributed by atoms with Crippen LogP contribution in [-0.2, 0) is 6.42 Å². The van der Waals surface area contributed by atoms with Gasteiger partial charge in [0.1, 0.15) is 29.4 Å². The van der Waals surface area contributed by atoms with E-state index >= 15 is 0 Å². The maximum Gasteiger partial charge on any atom is 0.145 e. The number of nitrogens with two attached hydrogens (primary N) is 2. The molecule has 1 aliphatic carbocycles. The van der Waals surface area contributed by atoms with Crippen LogP contribution in [0, 0.1) is 11.7 Å². The number of anilines is 2. The van der Waals surface area contributed by atoms with Crippen molar-refractivity contribution in [1.82, 2.24) is 19.5 Å². The van der Waals surface area contributed by atoms with Gasteiger partial charge in [0.05, 0.1) is 15.4 Å². The Morgan fingerprint density at radius 1 is 1.10 bits per heavy atom. The fourth-order valence-electron chi connectivity index (χ4n) is 4.64. The summed E-state index contributed by atoms with van der Waals surface area (Å²) < 4.78 is 17.4. The predicted molar refractivity (Wildman–Crippen MR) is 120 cm³/mol. The maximum absolute atomic E-state index is 14.6. The monoisotopic (exact) mass is 468 g/mol. The van der Waals surface area contributed by atoms with Gasteiger partial charge in [-0.1, -0.05) is 0 Å². The van der Waals surface area contributed by atoms with Gasteiger partial charge in [-0.15, -0.1) is 0 Å². The number of aryl methyl sites for hydroxylation is 1. The molecule has 1 saturated carbocycles. The Kier molecular flexibility index (Phi) is 4.81. The number of pyridine rings is 1. The summed E-state index contributed by atoms with van der Waals surface area (Å²) in [5, 5.41) is 1.40. The van der Waals surface area contributed by atoms with E-state index in [-0.39, 0.29) is 5.82 Å². The van der Waals surface area contributed by atoms with Crippen LogP contribution in [0.5, 0.6) is 0 Å². The van der Waals surface area contributed by atoms with E-state index in [1.165, 1.54) is 6.33 Å². The first-order valence-electron chi connectivity index (χ1n) is 10.1. The van der Waals surface area contributed by atoms with Crippen molar-refractivity contribution in [1.29, 1.82) is 0 Å². The van der Waals surface area contributed by atoms with E-state index in [0.29, 0.717) is 39.0 Å². The smallest absolute Gasteiger partial charge is 0.145 e. The molecule has 5 rings (SSSR count). The predicted octanol–water partition coefficient (Wildman–Crippen LogP) is 5.02. The molecule has 1 aromatic carbocycles. The molecule has 4 N–H and O–H groups in total. The molecule has 30 heavy (non-hydrogen) atoms. The number of rotatable bonds is 4. The Hall–Kier alpha value is -2.74. The van der Waals surface area contributed by atoms with Crippen LogP contribution >= 0.6 is 15.9 Å². The minimum Gasteiger partial charge on any atom is -0.383 e. The SMILES string of the molecule is Nc1nc2cc(CCC3CCC(n4ccc5c(N)ncnc54)C3)cc(F)c2cc1Br. The molecule has 4 aromatic rings. The van der Waals surface area contributed by atoms with Gasteiger partial charge in [-0.05, 0) is 83.8 Å². The zero-order chi connectivity index (χ0) is 20.8. The van der Waals surface area contributed by atoms with E-state index in [1.807, 2.05) is 12.1 Å². The van der Waals surface area contributed by atoms with Crippen molar-refractivity contribution >= 4 is 49.5 Å². The van der Waals surface area contributed by atoms with Crippen molar-refractivity contribution in [3.63, 3.8) is 0 Å². The van der Waals surface area contributed by atoms with Crippen molar-refractivity contribution in [2.45, 2.75) is 38.1 Å². The third kappa shape index (κ3) is 3.39. The lowest BCUT2D eigenvalue weighted by atomic mass is 9.97. The molecule has 0 aliphatic heterocycles. The first-order chi connectivity index (χ1) is 14.5. The molecule has 0 radical (unpaired) electrons. The Labute approximate surface area is 181 Å². The molecule has 0 bridgehead atoms. The van der Waals surface area contributed by atoms with E-state index < -0.39 is 0 Å². The van der Waals surface area contributed by atoms with E-state index in [2.05, 4.69) is 41.6 Å². The largest absolute Gasteiger partial charge is 0.383 e. The quantitative estimate of drug-likeness (QED) is 0.438. The van der Waals surface area contributed by atoms with Crippen molar-refractivity contribution in [3.8, 4) is 0 Å². The third-order valence-electron chi connectivity index (χ3n) is 6.21. The van der Waals surface area contributed by atoms with Gasteiger partial charge in [0.2, 0.25) is 0 Å². The standard InChI is InChI=1S/C22H22BrFN6/c23-17-10-16-18(24)8-13(9-19(16)29-21(17)26)2-1-12-3-4-14(7-12)30-6-5-15-20(25)27-11-28-22(15)30/h5-6,8-12,14H,1-4,7H2,(H2,26,29)(H2,25,27,28). The normalized spacial score (nSPS) is 19.1. The second-order valence-corrected chi connectivity index (χ2v) is 8.94. The summed E-state index contributed by atoms with van der Waals surface area (Å²) in [4.78, 5) is 12.8. The number of aromatic nitrogens is 4. The van der Waals surface area contributed by atoms with Gasteiger partial charge in [0.15, 0.2) is 0 Å². The molecular formula is C22H22BrFN6. The molecule has 3 aromatic heterocycles. The van der Waals surface area contributed by atoms with Gasteiger partial charge >= 0.3 is 0 Å². The van der Waals surface area contributed by atoms with Gasteiger partial charge in [-0.25, -0.2) is 19.3 Å². The van der Waals surface area contributed by atoms with Gasteiger partial charge in [-0.3, -0.25) is 0 Å². The molecule has 2 atom stereocenters. The highest BCUT2D eigenvalue weighted by Gasteiger charge is 2.27. The number of nitrogen functional groups attached to an aromatic ring is 2. The first kappa shape index (κ1) is 19.2. The van der Waals surface area contributed by atoms with E-state index in [4.69, 9.17) is 11.5 Å². The lowest BCUT2D eigenvalue weighted by molar-refractivity contribution is 0.461. The van der Waals surface area contributed by atoms with Gasteiger partial charge in [-0.2, -0.15) is 0 Å². The van der Waals surface area contributed by atoms with Crippen LogP contribution in [0.2, 0.25) is 0 Å². The van der Waals surface area contributed by atoms with Crippen LogP contribution in [0.1, 0.15) is 37.3 Å². The van der Waals surface area contributed by atoms with Crippen molar-refractivity contribution in [2.24, 2.45) is 5.92 Å². The van der Waals surface area contributed by atoms with Gasteiger partial charge < -0.3 is 16.0 Å². The summed E-state index contributed by atoms with van der Waals surface area (Å²) in [5.74, 6) is 1.23. The number of benzene rings is 1. The molecule has 8 heteroatoms. The summed E-state index contributed by atoms with van der Waals surface area (Å²) in [6.07, 6.45) is 8.77. The fourth-order valence-corrected chi connectivity index (χ4v) is 4.96. The summed E-state index contributed by atoms with van der Waals surface area (Å²) in [7, 11) is 0. The molecule has 0 saturated heterocycles. The molecular weight excluding hydrogens is 447 g/mol. The first-order valence-corrected chi connectivity index (χ1v) is 10.9. The van der Waals surface area contributed by atoms with E-state index in [0.717, 1.165) is 48.7 Å². The zero-order valence-corrected chi connectivity index (χ0v) is 17.9. The zero-order valence-electron chi connectivity index (χ0n) is 16.4. The van der Waals surface area contributed by atoms with Gasteiger partial charge in [0.25, 0.3) is 0 Å². The number of hydrogen-bond acceptors (Lipinski definition) is 5. The lowest BCUT2D eigenvalue weighted by Crippen LogP contribution is -2.06. The molecule has 1 fully saturated rings. The minimum absolute atomic E-state index is 0.254. The Morgan fingerprint density at radius 2 is 1.97 bits per heavy atom. The molecule has 154 valence electrons.